The smallest absolute Gasteiger partial charge is 0.220 e. The summed E-state index contributed by atoms with van der Waals surface area (Å²) in [5.41, 5.74) is 7.53. The zero-order valence-electron chi connectivity index (χ0n) is 12.1. The van der Waals surface area contributed by atoms with Crippen LogP contribution in [0.15, 0.2) is 24.3 Å². The number of imidazole rings is 1. The minimum atomic E-state index is -0.131. The van der Waals surface area contributed by atoms with Gasteiger partial charge in [0.1, 0.15) is 5.82 Å². The van der Waals surface area contributed by atoms with Gasteiger partial charge in [0.15, 0.2) is 0 Å². The number of nitrogens with zero attached hydrogens (tertiary/aromatic N) is 1. The summed E-state index contributed by atoms with van der Waals surface area (Å²) in [5.74, 6) is 0.778. The van der Waals surface area contributed by atoms with E-state index >= 15 is 0 Å². The number of fused-ring (bicyclic) bond motifs is 1. The normalized spacial score (nSPS) is 12.9. The first-order valence-corrected chi connectivity index (χ1v) is 6.56. The van der Waals surface area contributed by atoms with Crippen LogP contribution < -0.4 is 11.1 Å². The van der Waals surface area contributed by atoms with Crippen LogP contribution in [0, 0.1) is 0 Å². The van der Waals surface area contributed by atoms with Crippen LogP contribution in [0.25, 0.3) is 11.0 Å². The van der Waals surface area contributed by atoms with Gasteiger partial charge in [-0.25, -0.2) is 4.98 Å². The summed E-state index contributed by atoms with van der Waals surface area (Å²) in [6, 6.07) is 7.73. The molecule has 0 saturated heterocycles. The van der Waals surface area contributed by atoms with Crippen LogP contribution in [0.5, 0.6) is 0 Å². The van der Waals surface area contributed by atoms with Crippen molar-refractivity contribution >= 4 is 41.8 Å². The third kappa shape index (κ3) is 5.53. The lowest BCUT2D eigenvalue weighted by Gasteiger charge is -2.12. The quantitative estimate of drug-likeness (QED) is 0.787. The molecule has 1 aromatic heterocycles. The van der Waals surface area contributed by atoms with Crippen molar-refractivity contribution in [2.45, 2.75) is 38.8 Å². The molecule has 2 aromatic rings. The number of halogens is 2. The minimum Gasteiger partial charge on any atom is -0.346 e. The van der Waals surface area contributed by atoms with Gasteiger partial charge >= 0.3 is 0 Å². The maximum Gasteiger partial charge on any atom is 0.220 e. The van der Waals surface area contributed by atoms with Gasteiger partial charge in [0.25, 0.3) is 0 Å². The van der Waals surface area contributed by atoms with Gasteiger partial charge in [-0.15, -0.1) is 24.8 Å². The van der Waals surface area contributed by atoms with Crippen LogP contribution in [0.4, 0.5) is 0 Å². The molecule has 1 aromatic carbocycles. The number of hydrogen-bond donors (Lipinski definition) is 3. The van der Waals surface area contributed by atoms with Crippen molar-refractivity contribution in [1.29, 1.82) is 0 Å². The molecule has 5 nitrogen and oxygen atoms in total. The van der Waals surface area contributed by atoms with Gasteiger partial charge in [-0.05, 0) is 32.4 Å². The van der Waals surface area contributed by atoms with E-state index in [4.69, 9.17) is 5.73 Å². The molecular weight excluding hydrogens is 311 g/mol. The Hall–Kier alpha value is -1.30. The summed E-state index contributed by atoms with van der Waals surface area (Å²) in [7, 11) is 0. The van der Waals surface area contributed by atoms with Crippen LogP contribution in [0.1, 0.15) is 38.6 Å². The zero-order chi connectivity index (χ0) is 13.8. The van der Waals surface area contributed by atoms with E-state index in [1.165, 1.54) is 0 Å². The Kier molecular flexibility index (Phi) is 8.32. The van der Waals surface area contributed by atoms with Gasteiger partial charge in [-0.2, -0.15) is 0 Å². The van der Waals surface area contributed by atoms with E-state index in [0.29, 0.717) is 12.8 Å². The van der Waals surface area contributed by atoms with Crippen molar-refractivity contribution in [1.82, 2.24) is 15.3 Å². The lowest BCUT2D eigenvalue weighted by Crippen LogP contribution is -2.28. The molecule has 0 fully saturated rings. The Balaban J connectivity index is 0.00000200. The topological polar surface area (TPSA) is 83.8 Å². The number of para-hydroxylation sites is 2. The number of carbonyl (C=O) groups excluding carboxylic acids is 1. The number of H-pyrrole nitrogens is 1. The number of aromatic nitrogens is 2. The van der Waals surface area contributed by atoms with E-state index in [9.17, 15) is 4.79 Å². The molecule has 0 aliphatic carbocycles. The standard InChI is InChI=1S/C14H20N4O.2ClH/c1-9(15)7-8-13(19)16-10(2)14-17-11-5-3-4-6-12(11)18-14;;/h3-6,9-10H,7-8,15H2,1-2H3,(H,16,19)(H,17,18);2*1H. The maximum absolute atomic E-state index is 11.7. The van der Waals surface area contributed by atoms with E-state index in [2.05, 4.69) is 15.3 Å². The van der Waals surface area contributed by atoms with Crippen molar-refractivity contribution in [3.05, 3.63) is 30.1 Å². The fourth-order valence-electron chi connectivity index (χ4n) is 1.92. The van der Waals surface area contributed by atoms with Gasteiger partial charge in [0, 0.05) is 12.5 Å². The average Bonchev–Trinajstić information content (AvgIpc) is 2.80. The van der Waals surface area contributed by atoms with Gasteiger partial charge in [0.05, 0.1) is 17.1 Å². The lowest BCUT2D eigenvalue weighted by molar-refractivity contribution is -0.121. The van der Waals surface area contributed by atoms with E-state index in [0.717, 1.165) is 16.9 Å². The zero-order valence-corrected chi connectivity index (χ0v) is 13.8. The highest BCUT2D eigenvalue weighted by Gasteiger charge is 2.13. The van der Waals surface area contributed by atoms with Gasteiger partial charge in [-0.3, -0.25) is 4.79 Å². The monoisotopic (exact) mass is 332 g/mol. The molecule has 0 aliphatic rings. The second-order valence-corrected chi connectivity index (χ2v) is 4.94. The first kappa shape index (κ1) is 19.7. The highest BCUT2D eigenvalue weighted by atomic mass is 35.5. The van der Waals surface area contributed by atoms with Gasteiger partial charge in [-0.1, -0.05) is 12.1 Å². The molecule has 1 amide bonds. The second-order valence-electron chi connectivity index (χ2n) is 4.94. The molecule has 0 saturated carbocycles. The van der Waals surface area contributed by atoms with Crippen LogP contribution in [-0.4, -0.2) is 21.9 Å². The van der Waals surface area contributed by atoms with Crippen LogP contribution >= 0.6 is 24.8 Å². The van der Waals surface area contributed by atoms with Gasteiger partial charge < -0.3 is 16.0 Å². The molecule has 4 N–H and O–H groups in total. The number of nitrogens with one attached hydrogen (secondary N) is 2. The third-order valence-corrected chi connectivity index (χ3v) is 3.02. The first-order chi connectivity index (χ1) is 9.06. The first-order valence-electron chi connectivity index (χ1n) is 6.56. The molecule has 2 atom stereocenters. The SMILES string of the molecule is CC(N)CCC(=O)NC(C)c1nc2ccccc2[nH]1.Cl.Cl. The molecule has 21 heavy (non-hydrogen) atoms. The predicted octanol–water partition coefficient (Wildman–Crippen LogP) is 2.71. The highest BCUT2D eigenvalue weighted by molar-refractivity contribution is 5.85. The summed E-state index contributed by atoms with van der Waals surface area (Å²) in [6.45, 7) is 3.82. The Morgan fingerprint density at radius 3 is 2.62 bits per heavy atom. The molecule has 118 valence electrons. The number of hydrogen-bond acceptors (Lipinski definition) is 3. The highest BCUT2D eigenvalue weighted by Crippen LogP contribution is 2.15. The summed E-state index contributed by atoms with van der Waals surface area (Å²) in [6.07, 6.45) is 1.14. The number of carbonyl (C=O) groups is 1. The van der Waals surface area contributed by atoms with E-state index < -0.39 is 0 Å². The van der Waals surface area contributed by atoms with Crippen LogP contribution in [-0.2, 0) is 4.79 Å². The molecule has 0 radical (unpaired) electrons. The number of benzene rings is 1. The summed E-state index contributed by atoms with van der Waals surface area (Å²) < 4.78 is 0. The Morgan fingerprint density at radius 1 is 1.33 bits per heavy atom. The lowest BCUT2D eigenvalue weighted by atomic mass is 10.2. The Bertz CT molecular complexity index is 538. The molecule has 0 spiro atoms. The number of aromatic amines is 1. The predicted molar refractivity (Wildman–Crippen MR) is 90.0 cm³/mol. The van der Waals surface area contributed by atoms with Crippen LogP contribution in [0.2, 0.25) is 0 Å². The van der Waals surface area contributed by atoms with Crippen LogP contribution in [0.3, 0.4) is 0 Å². The van der Waals surface area contributed by atoms with Crippen molar-refractivity contribution in [2.75, 3.05) is 0 Å². The average molecular weight is 333 g/mol. The summed E-state index contributed by atoms with van der Waals surface area (Å²) >= 11 is 0. The molecule has 0 aliphatic heterocycles. The molecule has 2 unspecified atom stereocenters. The Labute approximate surface area is 136 Å². The maximum atomic E-state index is 11.7. The summed E-state index contributed by atoms with van der Waals surface area (Å²) in [5, 5.41) is 2.92. The number of rotatable bonds is 5. The fourth-order valence-corrected chi connectivity index (χ4v) is 1.92. The van der Waals surface area contributed by atoms with Crippen molar-refractivity contribution in [3.63, 3.8) is 0 Å². The second kappa shape index (κ2) is 8.87. The fraction of sp³-hybridized carbons (Fsp3) is 0.429. The number of amides is 1. The van der Waals surface area contributed by atoms with Crippen molar-refractivity contribution < 1.29 is 4.79 Å². The molecule has 7 heteroatoms. The van der Waals surface area contributed by atoms with E-state index in [1.54, 1.807) is 0 Å². The molecule has 1 heterocycles. The summed E-state index contributed by atoms with van der Waals surface area (Å²) in [4.78, 5) is 19.4. The molecular formula is C14H22Cl2N4O. The minimum absolute atomic E-state index is 0. The number of nitrogens with two attached hydrogens (primary N) is 1. The Morgan fingerprint density at radius 2 is 2.00 bits per heavy atom. The van der Waals surface area contributed by atoms with Crippen molar-refractivity contribution in [3.8, 4) is 0 Å². The van der Waals surface area contributed by atoms with E-state index in [1.807, 2.05) is 38.1 Å². The largest absolute Gasteiger partial charge is 0.346 e. The molecule has 2 rings (SSSR count). The van der Waals surface area contributed by atoms with E-state index in [-0.39, 0.29) is 42.8 Å². The third-order valence-electron chi connectivity index (χ3n) is 3.02. The molecule has 0 bridgehead atoms. The van der Waals surface area contributed by atoms with Crippen molar-refractivity contribution in [2.24, 2.45) is 5.73 Å². The van der Waals surface area contributed by atoms with Gasteiger partial charge in [0.2, 0.25) is 5.91 Å².